The van der Waals surface area contributed by atoms with E-state index in [1.807, 2.05) is 32.0 Å². The van der Waals surface area contributed by atoms with E-state index < -0.39 is 0 Å². The molecule has 1 rings (SSSR count). The first-order valence-corrected chi connectivity index (χ1v) is 6.16. The lowest BCUT2D eigenvalue weighted by Crippen LogP contribution is -2.12. The van der Waals surface area contributed by atoms with Crippen molar-refractivity contribution in [1.29, 1.82) is 0 Å². The van der Waals surface area contributed by atoms with Crippen LogP contribution in [0.15, 0.2) is 18.2 Å². The summed E-state index contributed by atoms with van der Waals surface area (Å²) in [6, 6.07) is 5.80. The normalized spacial score (nSPS) is 12.5. The Morgan fingerprint density at radius 1 is 1.47 bits per heavy atom. The minimum Gasteiger partial charge on any atom is -0.384 e. The molecule has 17 heavy (non-hydrogen) atoms. The van der Waals surface area contributed by atoms with Gasteiger partial charge >= 0.3 is 0 Å². The first-order chi connectivity index (χ1) is 8.02. The monoisotopic (exact) mass is 254 g/mol. The quantitative estimate of drug-likeness (QED) is 0.778. The molecule has 0 radical (unpaired) electrons. The highest BCUT2D eigenvalue weighted by Gasteiger charge is 2.11. The SMILES string of the molecule is COCC(C)CC(=O)Cc1ccc(C)cc1Cl. The molecule has 1 unspecified atom stereocenters. The number of carbonyl (C=O) groups excluding carboxylic acids is 1. The molecule has 0 bridgehead atoms. The van der Waals surface area contributed by atoms with Gasteiger partial charge in [-0.05, 0) is 30.0 Å². The molecule has 1 aromatic rings. The second kappa shape index (κ2) is 6.77. The van der Waals surface area contributed by atoms with E-state index in [0.29, 0.717) is 24.5 Å². The Kier molecular flexibility index (Phi) is 5.66. The van der Waals surface area contributed by atoms with Crippen LogP contribution >= 0.6 is 11.6 Å². The van der Waals surface area contributed by atoms with E-state index in [2.05, 4.69) is 0 Å². The van der Waals surface area contributed by atoms with Crippen molar-refractivity contribution in [2.24, 2.45) is 5.92 Å². The first-order valence-electron chi connectivity index (χ1n) is 5.78. The van der Waals surface area contributed by atoms with Crippen molar-refractivity contribution >= 4 is 17.4 Å². The Bertz CT molecular complexity index is 388. The molecule has 3 heteroatoms. The van der Waals surface area contributed by atoms with Gasteiger partial charge in [-0.25, -0.2) is 0 Å². The molecule has 0 aliphatic heterocycles. The number of ketones is 1. The zero-order valence-electron chi connectivity index (χ0n) is 10.6. The highest BCUT2D eigenvalue weighted by atomic mass is 35.5. The first kappa shape index (κ1) is 14.2. The van der Waals surface area contributed by atoms with E-state index >= 15 is 0 Å². The molecule has 0 saturated heterocycles. The molecule has 0 fully saturated rings. The molecule has 0 spiro atoms. The zero-order chi connectivity index (χ0) is 12.8. The number of ether oxygens (including phenoxy) is 1. The van der Waals surface area contributed by atoms with Crippen molar-refractivity contribution < 1.29 is 9.53 Å². The Morgan fingerprint density at radius 3 is 2.76 bits per heavy atom. The lowest BCUT2D eigenvalue weighted by atomic mass is 10.00. The summed E-state index contributed by atoms with van der Waals surface area (Å²) in [5, 5.41) is 0.678. The van der Waals surface area contributed by atoms with Crippen molar-refractivity contribution in [1.82, 2.24) is 0 Å². The van der Waals surface area contributed by atoms with Gasteiger partial charge in [-0.3, -0.25) is 4.79 Å². The summed E-state index contributed by atoms with van der Waals surface area (Å²) in [6.07, 6.45) is 0.950. The van der Waals surface area contributed by atoms with Crippen LogP contribution in [-0.4, -0.2) is 19.5 Å². The molecule has 0 N–H and O–H groups in total. The Hall–Kier alpha value is -0.860. The molecular weight excluding hydrogens is 236 g/mol. The van der Waals surface area contributed by atoms with Crippen LogP contribution in [0.25, 0.3) is 0 Å². The van der Waals surface area contributed by atoms with Gasteiger partial charge in [-0.15, -0.1) is 0 Å². The van der Waals surface area contributed by atoms with E-state index in [1.165, 1.54) is 0 Å². The van der Waals surface area contributed by atoms with Crippen LogP contribution in [0.2, 0.25) is 5.02 Å². The molecule has 0 saturated carbocycles. The van der Waals surface area contributed by atoms with Crippen LogP contribution < -0.4 is 0 Å². The van der Waals surface area contributed by atoms with E-state index in [1.54, 1.807) is 7.11 Å². The fourth-order valence-corrected chi connectivity index (χ4v) is 2.11. The summed E-state index contributed by atoms with van der Waals surface area (Å²) in [5.74, 6) is 0.469. The Balaban J connectivity index is 2.56. The molecule has 1 atom stereocenters. The van der Waals surface area contributed by atoms with Crippen LogP contribution in [0.5, 0.6) is 0 Å². The van der Waals surface area contributed by atoms with Crippen molar-refractivity contribution in [2.75, 3.05) is 13.7 Å². The Morgan fingerprint density at radius 2 is 2.18 bits per heavy atom. The molecular formula is C14H19ClO2. The number of carbonyl (C=O) groups is 1. The maximum Gasteiger partial charge on any atom is 0.137 e. The summed E-state index contributed by atoms with van der Waals surface area (Å²) >= 11 is 6.09. The third kappa shape index (κ3) is 4.88. The lowest BCUT2D eigenvalue weighted by molar-refractivity contribution is -0.119. The molecule has 1 aromatic carbocycles. The maximum atomic E-state index is 11.8. The fourth-order valence-electron chi connectivity index (χ4n) is 1.81. The van der Waals surface area contributed by atoms with Crippen LogP contribution in [0, 0.1) is 12.8 Å². The highest BCUT2D eigenvalue weighted by Crippen LogP contribution is 2.19. The van der Waals surface area contributed by atoms with Gasteiger partial charge < -0.3 is 4.74 Å². The van der Waals surface area contributed by atoms with Crippen molar-refractivity contribution in [3.8, 4) is 0 Å². The van der Waals surface area contributed by atoms with E-state index in [9.17, 15) is 4.79 Å². The minimum absolute atomic E-state index is 0.209. The van der Waals surface area contributed by atoms with Crippen molar-refractivity contribution in [2.45, 2.75) is 26.7 Å². The second-order valence-corrected chi connectivity index (χ2v) is 4.98. The van der Waals surface area contributed by atoms with Gasteiger partial charge in [0, 0.05) is 31.6 Å². The molecule has 2 nitrogen and oxygen atoms in total. The fraction of sp³-hybridized carbons (Fsp3) is 0.500. The summed E-state index contributed by atoms with van der Waals surface area (Å²) in [6.45, 7) is 4.61. The maximum absolute atomic E-state index is 11.8. The molecule has 94 valence electrons. The lowest BCUT2D eigenvalue weighted by Gasteiger charge is -2.10. The van der Waals surface area contributed by atoms with Gasteiger partial charge in [-0.1, -0.05) is 30.7 Å². The summed E-state index contributed by atoms with van der Waals surface area (Å²) in [5.41, 5.74) is 2.02. The van der Waals surface area contributed by atoms with Crippen molar-refractivity contribution in [3.05, 3.63) is 34.3 Å². The Labute approximate surface area is 108 Å². The minimum atomic E-state index is 0.209. The molecule has 0 heterocycles. The second-order valence-electron chi connectivity index (χ2n) is 4.57. The summed E-state index contributed by atoms with van der Waals surface area (Å²) in [7, 11) is 1.65. The van der Waals surface area contributed by atoms with Gasteiger partial charge in [0.05, 0.1) is 0 Å². The smallest absolute Gasteiger partial charge is 0.137 e. The standard InChI is InChI=1S/C14H19ClO2/c1-10-4-5-12(14(15)7-10)8-13(16)6-11(2)9-17-3/h4-5,7,11H,6,8-9H2,1-3H3. The predicted octanol–water partition coefficient (Wildman–Crippen LogP) is 3.43. The highest BCUT2D eigenvalue weighted by molar-refractivity contribution is 6.31. The van der Waals surface area contributed by atoms with Gasteiger partial charge in [0.25, 0.3) is 0 Å². The number of rotatable bonds is 6. The summed E-state index contributed by atoms with van der Waals surface area (Å²) < 4.78 is 5.02. The van der Waals surface area contributed by atoms with Crippen LogP contribution in [0.1, 0.15) is 24.5 Å². The molecule has 0 aliphatic rings. The molecule has 0 aliphatic carbocycles. The van der Waals surface area contributed by atoms with Gasteiger partial charge in [0.1, 0.15) is 5.78 Å². The number of hydrogen-bond acceptors (Lipinski definition) is 2. The van der Waals surface area contributed by atoms with E-state index in [-0.39, 0.29) is 11.7 Å². The average Bonchev–Trinajstić information content (AvgIpc) is 2.22. The topological polar surface area (TPSA) is 26.3 Å². The number of Topliss-reactive ketones (excluding diaryl/α,β-unsaturated/α-hetero) is 1. The predicted molar refractivity (Wildman–Crippen MR) is 70.6 cm³/mol. The van der Waals surface area contributed by atoms with Crippen LogP contribution in [-0.2, 0) is 16.0 Å². The van der Waals surface area contributed by atoms with Gasteiger partial charge in [0.15, 0.2) is 0 Å². The zero-order valence-corrected chi connectivity index (χ0v) is 11.4. The van der Waals surface area contributed by atoms with Gasteiger partial charge in [-0.2, -0.15) is 0 Å². The van der Waals surface area contributed by atoms with Crippen LogP contribution in [0.3, 0.4) is 0 Å². The molecule has 0 amide bonds. The largest absolute Gasteiger partial charge is 0.384 e. The number of benzene rings is 1. The van der Waals surface area contributed by atoms with Crippen LogP contribution in [0.4, 0.5) is 0 Å². The number of halogens is 1. The van der Waals surface area contributed by atoms with E-state index in [0.717, 1.165) is 11.1 Å². The third-order valence-corrected chi connectivity index (χ3v) is 2.98. The summed E-state index contributed by atoms with van der Waals surface area (Å²) in [4.78, 5) is 11.8. The van der Waals surface area contributed by atoms with Gasteiger partial charge in [0.2, 0.25) is 0 Å². The average molecular weight is 255 g/mol. The number of methoxy groups -OCH3 is 1. The third-order valence-electron chi connectivity index (χ3n) is 2.62. The number of aryl methyl sites for hydroxylation is 1. The molecule has 0 aromatic heterocycles. The van der Waals surface area contributed by atoms with E-state index in [4.69, 9.17) is 16.3 Å². The van der Waals surface area contributed by atoms with Crippen molar-refractivity contribution in [3.63, 3.8) is 0 Å². The number of hydrogen-bond donors (Lipinski definition) is 0.